The molecule has 0 fully saturated rings. The maximum Gasteiger partial charge on any atom is 0.339 e. The number of esters is 2. The van der Waals surface area contributed by atoms with Crippen LogP contribution in [0, 0.1) is 13.8 Å². The largest absolute Gasteiger partial charge is 0.465 e. The zero-order valence-electron chi connectivity index (χ0n) is 14.4. The molecule has 0 unspecified atom stereocenters. The molecule has 0 saturated heterocycles. The number of aromatic amines is 1. The first-order valence-corrected chi connectivity index (χ1v) is 8.52. The smallest absolute Gasteiger partial charge is 0.339 e. The number of thiophene rings is 1. The van der Waals surface area contributed by atoms with Gasteiger partial charge in [-0.2, -0.15) is 11.3 Å². The van der Waals surface area contributed by atoms with E-state index in [1.165, 1.54) is 31.4 Å². The third-order valence-corrected chi connectivity index (χ3v) is 4.39. The van der Waals surface area contributed by atoms with Crippen LogP contribution in [0.4, 0.5) is 0 Å². The van der Waals surface area contributed by atoms with Gasteiger partial charge in [-0.05, 0) is 54.8 Å². The van der Waals surface area contributed by atoms with Gasteiger partial charge in [-0.1, -0.05) is 0 Å². The molecule has 0 spiro atoms. The maximum absolute atomic E-state index is 12.5. The van der Waals surface area contributed by atoms with Crippen LogP contribution in [0.15, 0.2) is 22.9 Å². The van der Waals surface area contributed by atoms with Crippen LogP contribution >= 0.6 is 11.3 Å². The molecule has 25 heavy (non-hydrogen) atoms. The third-order valence-electron chi connectivity index (χ3n) is 3.69. The average Bonchev–Trinajstić information content (AvgIpc) is 3.19. The van der Waals surface area contributed by atoms with Crippen LogP contribution in [0.2, 0.25) is 0 Å². The van der Waals surface area contributed by atoms with Crippen LogP contribution in [-0.2, 0) is 14.3 Å². The number of ether oxygens (including phenoxy) is 2. The lowest BCUT2D eigenvalue weighted by Gasteiger charge is -2.10. The predicted octanol–water partition coefficient (Wildman–Crippen LogP) is 3.31. The molecule has 0 aliphatic heterocycles. The van der Waals surface area contributed by atoms with Crippen molar-refractivity contribution in [1.82, 2.24) is 4.98 Å². The van der Waals surface area contributed by atoms with E-state index in [9.17, 15) is 14.4 Å². The van der Waals surface area contributed by atoms with Gasteiger partial charge in [0.05, 0.1) is 18.4 Å². The molecule has 0 aliphatic rings. The van der Waals surface area contributed by atoms with Crippen molar-refractivity contribution in [2.75, 3.05) is 7.11 Å². The van der Waals surface area contributed by atoms with Crippen LogP contribution in [-0.4, -0.2) is 35.9 Å². The van der Waals surface area contributed by atoms with E-state index in [0.29, 0.717) is 16.8 Å². The highest BCUT2D eigenvalue weighted by Gasteiger charge is 2.26. The van der Waals surface area contributed by atoms with Crippen LogP contribution < -0.4 is 0 Å². The van der Waals surface area contributed by atoms with Crippen molar-refractivity contribution in [2.24, 2.45) is 0 Å². The number of carbonyl (C=O) groups is 3. The second-order valence-electron chi connectivity index (χ2n) is 5.45. The fourth-order valence-corrected chi connectivity index (χ4v) is 3.04. The van der Waals surface area contributed by atoms with Gasteiger partial charge in [0.1, 0.15) is 0 Å². The molecule has 0 aromatic carbocycles. The fraction of sp³-hybridized carbons (Fsp3) is 0.278. The Balaban J connectivity index is 2.10. The zero-order chi connectivity index (χ0) is 18.6. The van der Waals surface area contributed by atoms with E-state index in [1.807, 2.05) is 16.8 Å². The standard InChI is InChI=1S/C18H19NO5S/c1-10-15(18(22)23-4)11(2)19-16(10)17(21)12(3)24-14(20)6-5-13-7-8-25-9-13/h5-9,12,19H,1-4H3/b6-5+/t12-/m0/s1. The molecule has 1 atom stereocenters. The molecule has 2 rings (SSSR count). The number of rotatable bonds is 6. The summed E-state index contributed by atoms with van der Waals surface area (Å²) in [7, 11) is 1.28. The minimum atomic E-state index is -0.984. The van der Waals surface area contributed by atoms with E-state index >= 15 is 0 Å². The molecular weight excluding hydrogens is 342 g/mol. The monoisotopic (exact) mass is 361 g/mol. The van der Waals surface area contributed by atoms with Gasteiger partial charge < -0.3 is 14.5 Å². The third kappa shape index (κ3) is 4.24. The summed E-state index contributed by atoms with van der Waals surface area (Å²) < 4.78 is 9.87. The van der Waals surface area contributed by atoms with E-state index in [-0.39, 0.29) is 5.69 Å². The Bertz CT molecular complexity index is 817. The summed E-state index contributed by atoms with van der Waals surface area (Å²) in [6.07, 6.45) is 1.91. The topological polar surface area (TPSA) is 85.5 Å². The van der Waals surface area contributed by atoms with Crippen molar-refractivity contribution in [1.29, 1.82) is 0 Å². The van der Waals surface area contributed by atoms with Gasteiger partial charge >= 0.3 is 11.9 Å². The molecule has 0 aliphatic carbocycles. The van der Waals surface area contributed by atoms with Gasteiger partial charge in [-0.3, -0.25) is 4.79 Å². The molecule has 2 heterocycles. The predicted molar refractivity (Wildman–Crippen MR) is 94.8 cm³/mol. The van der Waals surface area contributed by atoms with E-state index in [4.69, 9.17) is 9.47 Å². The number of hydrogen-bond acceptors (Lipinski definition) is 6. The van der Waals surface area contributed by atoms with Crippen molar-refractivity contribution < 1.29 is 23.9 Å². The Morgan fingerprint density at radius 3 is 2.60 bits per heavy atom. The highest BCUT2D eigenvalue weighted by molar-refractivity contribution is 7.08. The first-order chi connectivity index (χ1) is 11.8. The molecule has 0 bridgehead atoms. The first kappa shape index (κ1) is 18.7. The van der Waals surface area contributed by atoms with Crippen molar-refractivity contribution >= 4 is 35.1 Å². The zero-order valence-corrected chi connectivity index (χ0v) is 15.2. The highest BCUT2D eigenvalue weighted by Crippen LogP contribution is 2.21. The van der Waals surface area contributed by atoms with Gasteiger partial charge in [-0.25, -0.2) is 9.59 Å². The summed E-state index contributed by atoms with van der Waals surface area (Å²) in [5.74, 6) is -1.54. The summed E-state index contributed by atoms with van der Waals surface area (Å²) in [5.41, 5.74) is 2.45. The number of ketones is 1. The Labute approximate surface area is 149 Å². The molecular formula is C18H19NO5S. The summed E-state index contributed by atoms with van der Waals surface area (Å²) >= 11 is 1.52. The van der Waals surface area contributed by atoms with Gasteiger partial charge in [0.25, 0.3) is 0 Å². The molecule has 132 valence electrons. The van der Waals surface area contributed by atoms with Crippen LogP contribution in [0.3, 0.4) is 0 Å². The number of H-pyrrole nitrogens is 1. The van der Waals surface area contributed by atoms with E-state index in [0.717, 1.165) is 5.56 Å². The Hall–Kier alpha value is -2.67. The summed E-state index contributed by atoms with van der Waals surface area (Å²) in [6, 6.07) is 1.86. The van der Waals surface area contributed by atoms with Crippen LogP contribution in [0.5, 0.6) is 0 Å². The minimum Gasteiger partial charge on any atom is -0.465 e. The maximum atomic E-state index is 12.5. The number of nitrogens with one attached hydrogen (secondary N) is 1. The molecule has 0 radical (unpaired) electrons. The Kier molecular flexibility index (Phi) is 5.93. The molecule has 0 saturated carbocycles. The van der Waals surface area contributed by atoms with Crippen molar-refractivity contribution in [2.45, 2.75) is 26.9 Å². The van der Waals surface area contributed by atoms with Crippen molar-refractivity contribution in [3.63, 3.8) is 0 Å². The van der Waals surface area contributed by atoms with Gasteiger partial charge in [0.2, 0.25) is 5.78 Å². The van der Waals surface area contributed by atoms with E-state index in [2.05, 4.69) is 4.98 Å². The summed E-state index contributed by atoms with van der Waals surface area (Å²) in [5, 5.41) is 3.78. The summed E-state index contributed by atoms with van der Waals surface area (Å²) in [6.45, 7) is 4.82. The SMILES string of the molecule is COC(=O)c1c(C)[nH]c(C(=O)[C@H](C)OC(=O)/C=C/c2ccsc2)c1C. The molecule has 1 N–H and O–H groups in total. The Morgan fingerprint density at radius 1 is 1.28 bits per heavy atom. The quantitative estimate of drug-likeness (QED) is 0.485. The van der Waals surface area contributed by atoms with Crippen molar-refractivity contribution in [3.8, 4) is 0 Å². The lowest BCUT2D eigenvalue weighted by Crippen LogP contribution is -2.24. The van der Waals surface area contributed by atoms with Gasteiger partial charge in [-0.15, -0.1) is 0 Å². The molecule has 0 amide bonds. The number of carbonyl (C=O) groups excluding carboxylic acids is 3. The van der Waals surface area contributed by atoms with Crippen LogP contribution in [0.1, 0.15) is 44.6 Å². The molecule has 2 aromatic heterocycles. The second kappa shape index (κ2) is 7.94. The van der Waals surface area contributed by atoms with Gasteiger partial charge in [0, 0.05) is 11.8 Å². The molecule has 6 nitrogen and oxygen atoms in total. The first-order valence-electron chi connectivity index (χ1n) is 7.57. The lowest BCUT2D eigenvalue weighted by atomic mass is 10.1. The second-order valence-corrected chi connectivity index (χ2v) is 6.23. The highest BCUT2D eigenvalue weighted by atomic mass is 32.1. The number of Topliss-reactive ketones (excluding diaryl/α,β-unsaturated/α-hetero) is 1. The van der Waals surface area contributed by atoms with E-state index < -0.39 is 23.8 Å². The number of hydrogen-bond donors (Lipinski definition) is 1. The normalized spacial score (nSPS) is 12.2. The van der Waals surface area contributed by atoms with Crippen molar-refractivity contribution in [3.05, 3.63) is 51.0 Å². The van der Waals surface area contributed by atoms with E-state index in [1.54, 1.807) is 19.9 Å². The lowest BCUT2D eigenvalue weighted by molar-refractivity contribution is -0.140. The average molecular weight is 361 g/mol. The minimum absolute atomic E-state index is 0.236. The number of methoxy groups -OCH3 is 1. The molecule has 7 heteroatoms. The number of aromatic nitrogens is 1. The Morgan fingerprint density at radius 2 is 2.00 bits per heavy atom. The van der Waals surface area contributed by atoms with Crippen LogP contribution in [0.25, 0.3) is 6.08 Å². The molecule has 2 aromatic rings. The van der Waals surface area contributed by atoms with Gasteiger partial charge in [0.15, 0.2) is 6.10 Å². The number of aryl methyl sites for hydroxylation is 1. The fourth-order valence-electron chi connectivity index (χ4n) is 2.41. The summed E-state index contributed by atoms with van der Waals surface area (Å²) in [4.78, 5) is 39.0.